The van der Waals surface area contributed by atoms with Crippen LogP contribution >= 0.6 is 0 Å². The molecular formula is C21H32N2O2. The number of carbonyl (C=O) groups excluding carboxylic acids is 1. The van der Waals surface area contributed by atoms with E-state index in [-0.39, 0.29) is 5.91 Å². The summed E-state index contributed by atoms with van der Waals surface area (Å²) in [5, 5.41) is 3.22. The van der Waals surface area contributed by atoms with Gasteiger partial charge in [-0.2, -0.15) is 0 Å². The van der Waals surface area contributed by atoms with E-state index >= 15 is 0 Å². The van der Waals surface area contributed by atoms with Crippen molar-refractivity contribution < 1.29 is 9.53 Å². The zero-order valence-electron chi connectivity index (χ0n) is 15.7. The summed E-state index contributed by atoms with van der Waals surface area (Å²) >= 11 is 0. The number of likely N-dealkylation sites (tertiary alicyclic amines) is 1. The highest BCUT2D eigenvalue weighted by atomic mass is 16.5. The van der Waals surface area contributed by atoms with E-state index < -0.39 is 0 Å². The molecule has 0 aromatic heterocycles. The van der Waals surface area contributed by atoms with Gasteiger partial charge in [0, 0.05) is 31.6 Å². The molecule has 2 fully saturated rings. The van der Waals surface area contributed by atoms with Gasteiger partial charge in [-0.1, -0.05) is 12.1 Å². The number of aryl methyl sites for hydroxylation is 2. The molecule has 25 heavy (non-hydrogen) atoms. The summed E-state index contributed by atoms with van der Waals surface area (Å²) in [6.45, 7) is 7.12. The standard InChI is InChI=1S/C21H32N2O2/c1-16-6-7-17(2)20(15-16)25-14-4-3-5-21(24)22-18-10-12-23(13-11-18)19-8-9-19/h6-7,15,18-19H,3-5,8-14H2,1-2H3,(H,22,24). The van der Waals surface area contributed by atoms with Crippen LogP contribution < -0.4 is 10.1 Å². The Morgan fingerprint density at radius 2 is 1.92 bits per heavy atom. The molecule has 1 saturated carbocycles. The van der Waals surface area contributed by atoms with Gasteiger partial charge in [0.1, 0.15) is 5.75 Å². The number of unbranched alkanes of at least 4 members (excludes halogenated alkanes) is 1. The second-order valence-electron chi connectivity index (χ2n) is 7.68. The fraction of sp³-hybridized carbons (Fsp3) is 0.667. The predicted molar refractivity (Wildman–Crippen MR) is 101 cm³/mol. The molecular weight excluding hydrogens is 312 g/mol. The zero-order valence-corrected chi connectivity index (χ0v) is 15.7. The van der Waals surface area contributed by atoms with Crippen LogP contribution in [-0.2, 0) is 4.79 Å². The summed E-state index contributed by atoms with van der Waals surface area (Å²) in [4.78, 5) is 14.7. The lowest BCUT2D eigenvalue weighted by Crippen LogP contribution is -2.45. The largest absolute Gasteiger partial charge is 0.493 e. The Balaban J connectivity index is 1.26. The zero-order chi connectivity index (χ0) is 17.6. The van der Waals surface area contributed by atoms with Crippen molar-refractivity contribution in [3.63, 3.8) is 0 Å². The van der Waals surface area contributed by atoms with Crippen LogP contribution in [0.5, 0.6) is 5.75 Å². The molecule has 4 nitrogen and oxygen atoms in total. The summed E-state index contributed by atoms with van der Waals surface area (Å²) in [5.41, 5.74) is 2.38. The van der Waals surface area contributed by atoms with Crippen molar-refractivity contribution >= 4 is 5.91 Å². The first-order valence-electron chi connectivity index (χ1n) is 9.85. The maximum Gasteiger partial charge on any atom is 0.220 e. The molecule has 4 heteroatoms. The van der Waals surface area contributed by atoms with E-state index in [1.807, 2.05) is 0 Å². The van der Waals surface area contributed by atoms with E-state index in [1.165, 1.54) is 24.0 Å². The highest BCUT2D eigenvalue weighted by Gasteiger charge is 2.31. The Hall–Kier alpha value is -1.55. The SMILES string of the molecule is Cc1ccc(C)c(OCCCCC(=O)NC2CCN(C3CC3)CC2)c1. The van der Waals surface area contributed by atoms with Crippen LogP contribution in [0, 0.1) is 13.8 Å². The molecule has 1 aromatic carbocycles. The smallest absolute Gasteiger partial charge is 0.220 e. The van der Waals surface area contributed by atoms with Crippen LogP contribution in [0.4, 0.5) is 0 Å². The van der Waals surface area contributed by atoms with Crippen molar-refractivity contribution in [3.05, 3.63) is 29.3 Å². The highest BCUT2D eigenvalue weighted by Crippen LogP contribution is 2.29. The van der Waals surface area contributed by atoms with Gasteiger partial charge < -0.3 is 15.0 Å². The Morgan fingerprint density at radius 1 is 1.16 bits per heavy atom. The molecule has 1 aliphatic heterocycles. The lowest BCUT2D eigenvalue weighted by atomic mass is 10.0. The minimum absolute atomic E-state index is 0.205. The number of carbonyl (C=O) groups is 1. The third-order valence-electron chi connectivity index (χ3n) is 5.36. The maximum absolute atomic E-state index is 12.1. The molecule has 0 radical (unpaired) electrons. The number of piperidine rings is 1. The van der Waals surface area contributed by atoms with Crippen LogP contribution in [0.15, 0.2) is 18.2 Å². The number of benzene rings is 1. The Bertz CT molecular complexity index is 575. The first-order chi connectivity index (χ1) is 12.1. The summed E-state index contributed by atoms with van der Waals surface area (Å²) in [6, 6.07) is 7.51. The predicted octanol–water partition coefficient (Wildman–Crippen LogP) is 3.60. The second kappa shape index (κ2) is 8.70. The van der Waals surface area contributed by atoms with Gasteiger partial charge in [0.05, 0.1) is 6.61 Å². The number of nitrogens with one attached hydrogen (secondary N) is 1. The fourth-order valence-electron chi connectivity index (χ4n) is 3.58. The Morgan fingerprint density at radius 3 is 2.64 bits per heavy atom. The van der Waals surface area contributed by atoms with E-state index in [0.717, 1.165) is 50.6 Å². The Kier molecular flexibility index (Phi) is 6.35. The van der Waals surface area contributed by atoms with Crippen LogP contribution in [0.3, 0.4) is 0 Å². The molecule has 1 aliphatic carbocycles. The van der Waals surface area contributed by atoms with Gasteiger partial charge >= 0.3 is 0 Å². The molecule has 0 spiro atoms. The summed E-state index contributed by atoms with van der Waals surface area (Å²) in [7, 11) is 0. The van der Waals surface area contributed by atoms with Crippen LogP contribution in [0.1, 0.15) is 56.1 Å². The van der Waals surface area contributed by atoms with Crippen molar-refractivity contribution in [1.82, 2.24) is 10.2 Å². The van der Waals surface area contributed by atoms with E-state index in [0.29, 0.717) is 19.1 Å². The minimum atomic E-state index is 0.205. The van der Waals surface area contributed by atoms with E-state index in [2.05, 4.69) is 42.3 Å². The van der Waals surface area contributed by atoms with Gasteiger partial charge in [-0.25, -0.2) is 0 Å². The molecule has 0 unspecified atom stereocenters. The Labute approximate surface area is 151 Å². The van der Waals surface area contributed by atoms with E-state index in [1.54, 1.807) is 0 Å². The molecule has 1 aromatic rings. The normalized spacial score (nSPS) is 19.0. The van der Waals surface area contributed by atoms with Gasteiger partial charge in [-0.15, -0.1) is 0 Å². The topological polar surface area (TPSA) is 41.6 Å². The molecule has 2 aliphatic rings. The highest BCUT2D eigenvalue weighted by molar-refractivity contribution is 5.76. The molecule has 0 bridgehead atoms. The van der Waals surface area contributed by atoms with Crippen molar-refractivity contribution in [2.75, 3.05) is 19.7 Å². The molecule has 1 amide bonds. The van der Waals surface area contributed by atoms with Crippen molar-refractivity contribution in [1.29, 1.82) is 0 Å². The molecule has 1 saturated heterocycles. The van der Waals surface area contributed by atoms with E-state index in [9.17, 15) is 4.79 Å². The lowest BCUT2D eigenvalue weighted by Gasteiger charge is -2.32. The summed E-state index contributed by atoms with van der Waals surface area (Å²) < 4.78 is 5.85. The molecule has 1 N–H and O–H groups in total. The van der Waals surface area contributed by atoms with Gasteiger partial charge in [-0.05, 0) is 69.6 Å². The van der Waals surface area contributed by atoms with Gasteiger partial charge in [0.15, 0.2) is 0 Å². The third kappa shape index (κ3) is 5.74. The van der Waals surface area contributed by atoms with Crippen molar-refractivity contribution in [3.8, 4) is 5.75 Å². The fourth-order valence-corrected chi connectivity index (χ4v) is 3.58. The summed E-state index contributed by atoms with van der Waals surface area (Å²) in [5.74, 6) is 1.17. The van der Waals surface area contributed by atoms with Crippen LogP contribution in [0.25, 0.3) is 0 Å². The van der Waals surface area contributed by atoms with Crippen LogP contribution in [0.2, 0.25) is 0 Å². The van der Waals surface area contributed by atoms with Gasteiger partial charge in [0.25, 0.3) is 0 Å². The quantitative estimate of drug-likeness (QED) is 0.733. The van der Waals surface area contributed by atoms with E-state index in [4.69, 9.17) is 4.74 Å². The molecule has 138 valence electrons. The number of nitrogens with zero attached hydrogens (tertiary/aromatic N) is 1. The first kappa shape index (κ1) is 18.2. The average Bonchev–Trinajstić information content (AvgIpc) is 3.43. The second-order valence-corrected chi connectivity index (χ2v) is 7.68. The minimum Gasteiger partial charge on any atom is -0.493 e. The number of rotatable bonds is 8. The summed E-state index contributed by atoms with van der Waals surface area (Å²) in [6.07, 6.45) is 7.38. The monoisotopic (exact) mass is 344 g/mol. The van der Waals surface area contributed by atoms with Crippen molar-refractivity contribution in [2.24, 2.45) is 0 Å². The first-order valence-corrected chi connectivity index (χ1v) is 9.85. The molecule has 3 rings (SSSR count). The van der Waals surface area contributed by atoms with Crippen molar-refractivity contribution in [2.45, 2.75) is 70.9 Å². The number of amides is 1. The lowest BCUT2D eigenvalue weighted by molar-refractivity contribution is -0.122. The van der Waals surface area contributed by atoms with Crippen LogP contribution in [-0.4, -0.2) is 42.6 Å². The number of hydrogen-bond donors (Lipinski definition) is 1. The average molecular weight is 344 g/mol. The maximum atomic E-state index is 12.1. The number of ether oxygens (including phenoxy) is 1. The van der Waals surface area contributed by atoms with Gasteiger partial charge in [0.2, 0.25) is 5.91 Å². The molecule has 0 atom stereocenters. The number of hydrogen-bond acceptors (Lipinski definition) is 3. The third-order valence-corrected chi connectivity index (χ3v) is 5.36. The molecule has 1 heterocycles. The van der Waals surface area contributed by atoms with Gasteiger partial charge in [-0.3, -0.25) is 4.79 Å².